The topological polar surface area (TPSA) is 81.4 Å². The summed E-state index contributed by atoms with van der Waals surface area (Å²) >= 11 is 0. The largest absolute Gasteiger partial charge is 0.445 e. The molecule has 0 aromatic heterocycles. The number of amides is 2. The number of carbonyl (C=O) groups is 2. The lowest BCUT2D eigenvalue weighted by molar-refractivity contribution is -0.145. The van der Waals surface area contributed by atoms with E-state index in [2.05, 4.69) is 5.32 Å². The van der Waals surface area contributed by atoms with E-state index < -0.39 is 0 Å². The molecule has 4 aliphatic rings. The van der Waals surface area contributed by atoms with Crippen LogP contribution in [0.3, 0.4) is 0 Å². The third-order valence-electron chi connectivity index (χ3n) is 6.29. The SMILES string of the molecule is NC(=O)C12CC3C[C@H](C1)C(NC(=O)OCc1ccccc1)[C@@H](C3)C2. The van der Waals surface area contributed by atoms with Gasteiger partial charge in [0.25, 0.3) is 0 Å². The fraction of sp³-hybridized carbons (Fsp3) is 0.579. The molecule has 4 aliphatic carbocycles. The predicted molar refractivity (Wildman–Crippen MR) is 88.7 cm³/mol. The van der Waals surface area contributed by atoms with Gasteiger partial charge in [0, 0.05) is 11.5 Å². The summed E-state index contributed by atoms with van der Waals surface area (Å²) in [6, 6.07) is 9.79. The number of alkyl carbamates (subject to hydrolysis) is 1. The standard InChI is InChI=1S/C19H24N2O3/c20-17(22)19-8-13-6-14(9-19)16(15(7-13)10-19)21-18(23)24-11-12-4-2-1-3-5-12/h1-5,13-16H,6-11H2,(H2,20,22)(H,21,23)/t13?,14-,15+,16?,19?. The number of primary amides is 1. The van der Waals surface area contributed by atoms with Crippen molar-refractivity contribution >= 4 is 12.0 Å². The number of hydrogen-bond donors (Lipinski definition) is 2. The molecule has 4 fully saturated rings. The molecule has 1 aromatic carbocycles. The van der Waals surface area contributed by atoms with Crippen molar-refractivity contribution < 1.29 is 14.3 Å². The fourth-order valence-corrected chi connectivity index (χ4v) is 5.46. The normalized spacial score (nSPS) is 36.3. The Balaban J connectivity index is 1.38. The maximum absolute atomic E-state index is 12.2. The van der Waals surface area contributed by atoms with Gasteiger partial charge in [-0.3, -0.25) is 4.79 Å². The molecule has 0 heterocycles. The van der Waals surface area contributed by atoms with Crippen molar-refractivity contribution in [2.24, 2.45) is 28.9 Å². The molecule has 0 spiro atoms. The summed E-state index contributed by atoms with van der Waals surface area (Å²) in [6.07, 6.45) is 4.41. The third-order valence-corrected chi connectivity index (χ3v) is 6.29. The Morgan fingerprint density at radius 1 is 1.12 bits per heavy atom. The first-order valence-electron chi connectivity index (χ1n) is 8.83. The van der Waals surface area contributed by atoms with Gasteiger partial charge < -0.3 is 15.8 Å². The van der Waals surface area contributed by atoms with E-state index in [4.69, 9.17) is 10.5 Å². The summed E-state index contributed by atoms with van der Waals surface area (Å²) in [7, 11) is 0. The zero-order valence-electron chi connectivity index (χ0n) is 13.7. The monoisotopic (exact) mass is 328 g/mol. The highest BCUT2D eigenvalue weighted by Gasteiger charge is 2.58. The van der Waals surface area contributed by atoms with Gasteiger partial charge in [0.2, 0.25) is 5.91 Å². The maximum atomic E-state index is 12.2. The Labute approximate surface area is 141 Å². The molecule has 128 valence electrons. The highest BCUT2D eigenvalue weighted by molar-refractivity contribution is 5.81. The Bertz CT molecular complexity index is 629. The lowest BCUT2D eigenvalue weighted by Crippen LogP contribution is -2.62. The van der Waals surface area contributed by atoms with E-state index in [1.807, 2.05) is 30.3 Å². The first kappa shape index (κ1) is 15.5. The van der Waals surface area contributed by atoms with Crippen LogP contribution in [0.5, 0.6) is 0 Å². The van der Waals surface area contributed by atoms with Crippen molar-refractivity contribution in [3.05, 3.63) is 35.9 Å². The minimum atomic E-state index is -0.357. The van der Waals surface area contributed by atoms with Gasteiger partial charge in [0.05, 0.1) is 0 Å². The fourth-order valence-electron chi connectivity index (χ4n) is 5.46. The van der Waals surface area contributed by atoms with Crippen LogP contribution in [0.2, 0.25) is 0 Å². The molecule has 5 atom stereocenters. The van der Waals surface area contributed by atoms with Crippen molar-refractivity contribution in [2.45, 2.75) is 44.8 Å². The summed E-state index contributed by atoms with van der Waals surface area (Å²) in [5.41, 5.74) is 6.36. The molecular weight excluding hydrogens is 304 g/mol. The molecule has 3 unspecified atom stereocenters. The summed E-state index contributed by atoms with van der Waals surface area (Å²) in [5, 5.41) is 3.08. The van der Waals surface area contributed by atoms with Crippen molar-refractivity contribution in [2.75, 3.05) is 0 Å². The van der Waals surface area contributed by atoms with Crippen LogP contribution in [0.25, 0.3) is 0 Å². The Morgan fingerprint density at radius 2 is 1.79 bits per heavy atom. The van der Waals surface area contributed by atoms with E-state index in [0.29, 0.717) is 17.8 Å². The smallest absolute Gasteiger partial charge is 0.407 e. The van der Waals surface area contributed by atoms with Gasteiger partial charge >= 0.3 is 6.09 Å². The summed E-state index contributed by atoms with van der Waals surface area (Å²) in [6.45, 7) is 0.280. The van der Waals surface area contributed by atoms with Crippen molar-refractivity contribution in [1.82, 2.24) is 5.32 Å². The van der Waals surface area contributed by atoms with Gasteiger partial charge in [-0.05, 0) is 55.4 Å². The molecule has 2 amide bonds. The third kappa shape index (κ3) is 2.66. The second-order valence-electron chi connectivity index (χ2n) is 7.85. The van der Waals surface area contributed by atoms with Gasteiger partial charge in [0.1, 0.15) is 6.61 Å². The summed E-state index contributed by atoms with van der Waals surface area (Å²) < 4.78 is 5.37. The highest BCUT2D eigenvalue weighted by atomic mass is 16.5. The Hall–Kier alpha value is -2.04. The number of carbonyl (C=O) groups excluding carboxylic acids is 2. The van der Waals surface area contributed by atoms with E-state index in [1.165, 1.54) is 0 Å². The number of nitrogens with one attached hydrogen (secondary N) is 1. The average Bonchev–Trinajstić information content (AvgIpc) is 2.56. The molecule has 0 aliphatic heterocycles. The lowest BCUT2D eigenvalue weighted by atomic mass is 9.47. The van der Waals surface area contributed by atoms with E-state index in [0.717, 1.165) is 37.7 Å². The van der Waals surface area contributed by atoms with Gasteiger partial charge in [-0.1, -0.05) is 30.3 Å². The van der Waals surface area contributed by atoms with Crippen molar-refractivity contribution in [3.8, 4) is 0 Å². The lowest BCUT2D eigenvalue weighted by Gasteiger charge is -2.58. The number of rotatable bonds is 4. The Kier molecular flexibility index (Phi) is 3.74. The van der Waals surface area contributed by atoms with Crippen LogP contribution in [0.1, 0.15) is 37.7 Å². The average molecular weight is 328 g/mol. The second-order valence-corrected chi connectivity index (χ2v) is 7.85. The molecule has 4 bridgehead atoms. The summed E-state index contributed by atoms with van der Waals surface area (Å²) in [5.74, 6) is 1.15. The van der Waals surface area contributed by atoms with Crippen LogP contribution in [0.4, 0.5) is 4.79 Å². The van der Waals surface area contributed by atoms with Crippen molar-refractivity contribution in [3.63, 3.8) is 0 Å². The van der Waals surface area contributed by atoms with E-state index >= 15 is 0 Å². The first-order valence-corrected chi connectivity index (χ1v) is 8.83. The van der Waals surface area contributed by atoms with E-state index in [9.17, 15) is 9.59 Å². The maximum Gasteiger partial charge on any atom is 0.407 e. The second kappa shape index (κ2) is 5.80. The molecule has 5 heteroatoms. The number of hydrogen-bond acceptors (Lipinski definition) is 3. The van der Waals surface area contributed by atoms with Crippen LogP contribution in [-0.2, 0) is 16.1 Å². The molecule has 3 N–H and O–H groups in total. The molecule has 0 radical (unpaired) electrons. The first-order chi connectivity index (χ1) is 11.6. The summed E-state index contributed by atoms with van der Waals surface area (Å²) in [4.78, 5) is 24.1. The van der Waals surface area contributed by atoms with Crippen LogP contribution >= 0.6 is 0 Å². The number of benzene rings is 1. The molecule has 5 nitrogen and oxygen atoms in total. The van der Waals surface area contributed by atoms with Crippen LogP contribution in [0.15, 0.2) is 30.3 Å². The van der Waals surface area contributed by atoms with E-state index in [1.54, 1.807) is 0 Å². The van der Waals surface area contributed by atoms with Gasteiger partial charge in [-0.15, -0.1) is 0 Å². The Morgan fingerprint density at radius 3 is 2.42 bits per heavy atom. The molecule has 1 aromatic rings. The molecule has 24 heavy (non-hydrogen) atoms. The van der Waals surface area contributed by atoms with Gasteiger partial charge in [-0.25, -0.2) is 4.79 Å². The molecule has 4 saturated carbocycles. The minimum Gasteiger partial charge on any atom is -0.445 e. The quantitative estimate of drug-likeness (QED) is 0.891. The van der Waals surface area contributed by atoms with Crippen LogP contribution < -0.4 is 11.1 Å². The van der Waals surface area contributed by atoms with Crippen molar-refractivity contribution in [1.29, 1.82) is 0 Å². The van der Waals surface area contributed by atoms with Crippen LogP contribution in [0, 0.1) is 23.2 Å². The zero-order valence-corrected chi connectivity index (χ0v) is 13.7. The zero-order chi connectivity index (χ0) is 16.7. The predicted octanol–water partition coefficient (Wildman–Crippen LogP) is 2.59. The minimum absolute atomic E-state index is 0.122. The number of ether oxygens (including phenoxy) is 1. The highest BCUT2D eigenvalue weighted by Crippen LogP contribution is 2.59. The van der Waals surface area contributed by atoms with Gasteiger partial charge in [0.15, 0.2) is 0 Å². The van der Waals surface area contributed by atoms with Gasteiger partial charge in [-0.2, -0.15) is 0 Å². The molecular formula is C19H24N2O3. The molecule has 5 rings (SSSR count). The number of nitrogens with two attached hydrogens (primary N) is 1. The van der Waals surface area contributed by atoms with Crippen LogP contribution in [-0.4, -0.2) is 18.0 Å². The molecule has 0 saturated heterocycles. The van der Waals surface area contributed by atoms with E-state index in [-0.39, 0.29) is 30.1 Å².